The fourth-order valence-corrected chi connectivity index (χ4v) is 1.71. The van der Waals surface area contributed by atoms with Gasteiger partial charge in [-0.3, -0.25) is 4.79 Å². The number of rotatable bonds is 6. The molecule has 1 aromatic carbocycles. The predicted octanol–water partition coefficient (Wildman–Crippen LogP) is 2.05. The summed E-state index contributed by atoms with van der Waals surface area (Å²) in [6.07, 6.45) is 2.52. The van der Waals surface area contributed by atoms with Crippen LogP contribution in [0.15, 0.2) is 24.3 Å². The Hall–Kier alpha value is -1.42. The van der Waals surface area contributed by atoms with Gasteiger partial charge in [-0.05, 0) is 18.1 Å². The van der Waals surface area contributed by atoms with E-state index in [4.69, 9.17) is 18.0 Å². The number of nitrogens with two attached hydrogens (primary N) is 1. The summed E-state index contributed by atoms with van der Waals surface area (Å²) in [6.45, 7) is 2.80. The molecule has 4 heteroatoms. The van der Waals surface area contributed by atoms with E-state index >= 15 is 0 Å². The SMILES string of the molecule is CCCCNC(=O)c1ccccc1CC(N)=S. The highest BCUT2D eigenvalue weighted by Crippen LogP contribution is 2.09. The zero-order valence-electron chi connectivity index (χ0n) is 10.0. The third-order valence-electron chi connectivity index (χ3n) is 2.44. The summed E-state index contributed by atoms with van der Waals surface area (Å²) in [5, 5.41) is 2.89. The van der Waals surface area contributed by atoms with Crippen molar-refractivity contribution in [2.75, 3.05) is 6.54 Å². The molecule has 0 atom stereocenters. The lowest BCUT2D eigenvalue weighted by molar-refractivity contribution is 0.0952. The molecule has 1 rings (SSSR count). The predicted molar refractivity (Wildman–Crippen MR) is 74.2 cm³/mol. The van der Waals surface area contributed by atoms with Gasteiger partial charge in [-0.25, -0.2) is 0 Å². The van der Waals surface area contributed by atoms with E-state index in [-0.39, 0.29) is 5.91 Å². The maximum Gasteiger partial charge on any atom is 0.251 e. The van der Waals surface area contributed by atoms with E-state index in [0.29, 0.717) is 23.5 Å². The van der Waals surface area contributed by atoms with Gasteiger partial charge in [0.05, 0.1) is 4.99 Å². The van der Waals surface area contributed by atoms with Crippen molar-refractivity contribution in [2.24, 2.45) is 5.73 Å². The molecule has 0 aromatic heterocycles. The molecule has 0 unspecified atom stereocenters. The first-order valence-corrected chi connectivity index (χ1v) is 6.20. The summed E-state index contributed by atoms with van der Waals surface area (Å²) in [5.41, 5.74) is 7.06. The number of thiocarbonyl (C=S) groups is 1. The van der Waals surface area contributed by atoms with Crippen molar-refractivity contribution in [2.45, 2.75) is 26.2 Å². The van der Waals surface area contributed by atoms with Gasteiger partial charge in [-0.2, -0.15) is 0 Å². The minimum absolute atomic E-state index is 0.0506. The van der Waals surface area contributed by atoms with E-state index in [1.165, 1.54) is 0 Å². The highest BCUT2D eigenvalue weighted by atomic mass is 32.1. The van der Waals surface area contributed by atoms with Gasteiger partial charge in [-0.15, -0.1) is 0 Å². The Morgan fingerprint density at radius 2 is 2.12 bits per heavy atom. The van der Waals surface area contributed by atoms with Crippen molar-refractivity contribution in [1.82, 2.24) is 5.32 Å². The van der Waals surface area contributed by atoms with Crippen LogP contribution in [0.3, 0.4) is 0 Å². The van der Waals surface area contributed by atoms with E-state index in [1.54, 1.807) is 6.07 Å². The van der Waals surface area contributed by atoms with E-state index in [9.17, 15) is 4.79 Å². The fourth-order valence-electron chi connectivity index (χ4n) is 1.56. The molecule has 0 fully saturated rings. The molecule has 3 nitrogen and oxygen atoms in total. The van der Waals surface area contributed by atoms with Crippen molar-refractivity contribution in [3.63, 3.8) is 0 Å². The molecule has 92 valence electrons. The number of benzene rings is 1. The molecule has 0 spiro atoms. The van der Waals surface area contributed by atoms with Crippen LogP contribution in [-0.2, 0) is 6.42 Å². The van der Waals surface area contributed by atoms with Crippen LogP contribution in [0.1, 0.15) is 35.7 Å². The van der Waals surface area contributed by atoms with Crippen molar-refractivity contribution in [1.29, 1.82) is 0 Å². The zero-order valence-corrected chi connectivity index (χ0v) is 10.8. The van der Waals surface area contributed by atoms with Gasteiger partial charge < -0.3 is 11.1 Å². The third kappa shape index (κ3) is 4.53. The quantitative estimate of drug-likeness (QED) is 0.600. The molecule has 0 saturated carbocycles. The number of unbranched alkanes of at least 4 members (excludes halogenated alkanes) is 1. The Morgan fingerprint density at radius 3 is 2.76 bits per heavy atom. The van der Waals surface area contributed by atoms with Crippen molar-refractivity contribution in [3.05, 3.63) is 35.4 Å². The Labute approximate surface area is 107 Å². The third-order valence-corrected chi connectivity index (χ3v) is 2.59. The van der Waals surface area contributed by atoms with E-state index in [1.807, 2.05) is 18.2 Å². The number of carbonyl (C=O) groups is 1. The Kier molecular flexibility index (Phi) is 5.63. The van der Waals surface area contributed by atoms with Gasteiger partial charge in [0, 0.05) is 18.5 Å². The fraction of sp³-hybridized carbons (Fsp3) is 0.385. The van der Waals surface area contributed by atoms with Crippen molar-refractivity contribution < 1.29 is 4.79 Å². The average Bonchev–Trinajstić information content (AvgIpc) is 2.29. The second kappa shape index (κ2) is 7.01. The molecule has 0 heterocycles. The monoisotopic (exact) mass is 250 g/mol. The minimum atomic E-state index is -0.0506. The largest absolute Gasteiger partial charge is 0.393 e. The topological polar surface area (TPSA) is 55.1 Å². The number of carbonyl (C=O) groups excluding carboxylic acids is 1. The second-order valence-corrected chi connectivity index (χ2v) is 4.43. The van der Waals surface area contributed by atoms with Crippen LogP contribution in [0.5, 0.6) is 0 Å². The summed E-state index contributed by atoms with van der Waals surface area (Å²) >= 11 is 4.88. The van der Waals surface area contributed by atoms with Gasteiger partial charge in [0.15, 0.2) is 0 Å². The normalized spacial score (nSPS) is 9.94. The summed E-state index contributed by atoms with van der Waals surface area (Å²) in [5.74, 6) is -0.0506. The van der Waals surface area contributed by atoms with Crippen LogP contribution < -0.4 is 11.1 Å². The first-order chi connectivity index (χ1) is 8.15. The lowest BCUT2D eigenvalue weighted by Crippen LogP contribution is -2.26. The molecule has 3 N–H and O–H groups in total. The van der Waals surface area contributed by atoms with Gasteiger partial charge in [-0.1, -0.05) is 43.8 Å². The van der Waals surface area contributed by atoms with Crippen LogP contribution in [0.4, 0.5) is 0 Å². The van der Waals surface area contributed by atoms with Crippen LogP contribution in [-0.4, -0.2) is 17.4 Å². The van der Waals surface area contributed by atoms with Gasteiger partial charge in [0.2, 0.25) is 0 Å². The summed E-state index contributed by atoms with van der Waals surface area (Å²) < 4.78 is 0. The number of hydrogen-bond acceptors (Lipinski definition) is 2. The summed E-state index contributed by atoms with van der Waals surface area (Å²) in [7, 11) is 0. The highest BCUT2D eigenvalue weighted by molar-refractivity contribution is 7.80. The van der Waals surface area contributed by atoms with Crippen LogP contribution in [0, 0.1) is 0 Å². The number of amides is 1. The molecule has 0 aliphatic carbocycles. The first kappa shape index (κ1) is 13.6. The minimum Gasteiger partial charge on any atom is -0.393 e. The molecule has 0 bridgehead atoms. The van der Waals surface area contributed by atoms with Crippen LogP contribution in [0.2, 0.25) is 0 Å². The van der Waals surface area contributed by atoms with E-state index in [2.05, 4.69) is 12.2 Å². The Morgan fingerprint density at radius 1 is 1.41 bits per heavy atom. The number of hydrogen-bond donors (Lipinski definition) is 2. The first-order valence-electron chi connectivity index (χ1n) is 5.79. The molecule has 0 saturated heterocycles. The van der Waals surface area contributed by atoms with E-state index in [0.717, 1.165) is 18.4 Å². The van der Waals surface area contributed by atoms with Gasteiger partial charge in [0.25, 0.3) is 5.91 Å². The van der Waals surface area contributed by atoms with Crippen LogP contribution in [0.25, 0.3) is 0 Å². The molecular formula is C13H18N2OS. The number of nitrogens with one attached hydrogen (secondary N) is 1. The Balaban J connectivity index is 2.74. The summed E-state index contributed by atoms with van der Waals surface area (Å²) in [6, 6.07) is 7.41. The molecule has 0 aliphatic heterocycles. The lowest BCUT2D eigenvalue weighted by Gasteiger charge is -2.09. The molecule has 1 aromatic rings. The molecule has 0 radical (unpaired) electrons. The zero-order chi connectivity index (χ0) is 12.7. The summed E-state index contributed by atoms with van der Waals surface area (Å²) in [4.78, 5) is 12.3. The molecule has 0 aliphatic rings. The average molecular weight is 250 g/mol. The smallest absolute Gasteiger partial charge is 0.251 e. The van der Waals surface area contributed by atoms with Crippen molar-refractivity contribution in [3.8, 4) is 0 Å². The Bertz CT molecular complexity index is 404. The molecule has 17 heavy (non-hydrogen) atoms. The second-order valence-electron chi connectivity index (χ2n) is 3.91. The molecule has 1 amide bonds. The van der Waals surface area contributed by atoms with Gasteiger partial charge in [0.1, 0.15) is 0 Å². The van der Waals surface area contributed by atoms with E-state index < -0.39 is 0 Å². The molecular weight excluding hydrogens is 232 g/mol. The highest BCUT2D eigenvalue weighted by Gasteiger charge is 2.10. The van der Waals surface area contributed by atoms with Gasteiger partial charge >= 0.3 is 0 Å². The maximum atomic E-state index is 11.9. The maximum absolute atomic E-state index is 11.9. The standard InChI is InChI=1S/C13H18N2OS/c1-2-3-8-15-13(16)11-7-5-4-6-10(11)9-12(14)17/h4-7H,2-3,8-9H2,1H3,(H2,14,17)(H,15,16). The lowest BCUT2D eigenvalue weighted by atomic mass is 10.0. The van der Waals surface area contributed by atoms with Crippen LogP contribution >= 0.6 is 12.2 Å². The van der Waals surface area contributed by atoms with Crippen molar-refractivity contribution >= 4 is 23.1 Å².